The Bertz CT molecular complexity index is 987. The first-order valence-electron chi connectivity index (χ1n) is 10.5. The third-order valence-electron chi connectivity index (χ3n) is 5.35. The van der Waals surface area contributed by atoms with Crippen LogP contribution in [0.2, 0.25) is 0 Å². The molecule has 3 aromatic carbocycles. The van der Waals surface area contributed by atoms with Gasteiger partial charge in [0.15, 0.2) is 0 Å². The SMILES string of the molecule is O=C(CN1CCN(c2ccc(O)cc2)CC1)Nc1ccccc1SCc1ccccc1. The first kappa shape index (κ1) is 21.3. The fourth-order valence-electron chi connectivity index (χ4n) is 3.65. The second-order valence-electron chi connectivity index (χ2n) is 7.60. The number of para-hydroxylation sites is 1. The molecule has 31 heavy (non-hydrogen) atoms. The van der Waals surface area contributed by atoms with Crippen LogP contribution in [0.5, 0.6) is 5.75 Å². The summed E-state index contributed by atoms with van der Waals surface area (Å²) in [5.41, 5.74) is 3.24. The van der Waals surface area contributed by atoms with Crippen LogP contribution < -0.4 is 10.2 Å². The number of benzene rings is 3. The minimum atomic E-state index is 0.0193. The van der Waals surface area contributed by atoms with Gasteiger partial charge >= 0.3 is 0 Å². The fourth-order valence-corrected chi connectivity index (χ4v) is 4.62. The lowest BCUT2D eigenvalue weighted by molar-refractivity contribution is -0.117. The smallest absolute Gasteiger partial charge is 0.238 e. The monoisotopic (exact) mass is 433 g/mol. The second kappa shape index (κ2) is 10.4. The zero-order valence-electron chi connectivity index (χ0n) is 17.4. The Morgan fingerprint density at radius 1 is 0.871 bits per heavy atom. The van der Waals surface area contributed by atoms with Crippen molar-refractivity contribution in [2.24, 2.45) is 0 Å². The van der Waals surface area contributed by atoms with E-state index in [0.717, 1.165) is 48.2 Å². The van der Waals surface area contributed by atoms with E-state index in [-0.39, 0.29) is 11.7 Å². The van der Waals surface area contributed by atoms with Crippen LogP contribution in [0.1, 0.15) is 5.56 Å². The number of amides is 1. The van der Waals surface area contributed by atoms with Gasteiger partial charge in [-0.2, -0.15) is 0 Å². The summed E-state index contributed by atoms with van der Waals surface area (Å²) in [5, 5.41) is 12.6. The number of carbonyl (C=O) groups excluding carboxylic acids is 1. The maximum atomic E-state index is 12.7. The molecule has 6 heteroatoms. The molecule has 1 heterocycles. The van der Waals surface area contributed by atoms with Gasteiger partial charge in [-0.1, -0.05) is 42.5 Å². The molecule has 0 aromatic heterocycles. The van der Waals surface area contributed by atoms with E-state index in [1.165, 1.54) is 5.56 Å². The largest absolute Gasteiger partial charge is 0.508 e. The zero-order chi connectivity index (χ0) is 21.5. The van der Waals surface area contributed by atoms with Gasteiger partial charge in [0.2, 0.25) is 5.91 Å². The van der Waals surface area contributed by atoms with Gasteiger partial charge in [0, 0.05) is 42.5 Å². The molecular weight excluding hydrogens is 406 g/mol. The molecule has 1 amide bonds. The first-order valence-corrected chi connectivity index (χ1v) is 11.5. The highest BCUT2D eigenvalue weighted by atomic mass is 32.2. The van der Waals surface area contributed by atoms with Gasteiger partial charge in [0.25, 0.3) is 0 Å². The number of phenols is 1. The molecule has 1 aliphatic rings. The highest BCUT2D eigenvalue weighted by Gasteiger charge is 2.19. The molecule has 5 nitrogen and oxygen atoms in total. The molecule has 160 valence electrons. The van der Waals surface area contributed by atoms with Gasteiger partial charge in [-0.25, -0.2) is 0 Å². The van der Waals surface area contributed by atoms with Crippen molar-refractivity contribution >= 4 is 29.0 Å². The maximum Gasteiger partial charge on any atom is 0.238 e. The Labute approximate surface area is 187 Å². The molecule has 0 spiro atoms. The van der Waals surface area contributed by atoms with Crippen molar-refractivity contribution < 1.29 is 9.90 Å². The molecule has 2 N–H and O–H groups in total. The van der Waals surface area contributed by atoms with E-state index in [1.807, 2.05) is 48.5 Å². The van der Waals surface area contributed by atoms with Crippen LogP contribution >= 0.6 is 11.8 Å². The summed E-state index contributed by atoms with van der Waals surface area (Å²) in [6.07, 6.45) is 0. The van der Waals surface area contributed by atoms with Crippen LogP contribution in [0.15, 0.2) is 83.8 Å². The highest BCUT2D eigenvalue weighted by molar-refractivity contribution is 7.98. The van der Waals surface area contributed by atoms with Crippen molar-refractivity contribution in [1.82, 2.24) is 4.90 Å². The molecule has 3 aromatic rings. The Morgan fingerprint density at radius 3 is 2.29 bits per heavy atom. The van der Waals surface area contributed by atoms with Crippen molar-refractivity contribution in [3.05, 3.63) is 84.4 Å². The minimum Gasteiger partial charge on any atom is -0.508 e. The number of aromatic hydroxyl groups is 1. The molecule has 1 aliphatic heterocycles. The van der Waals surface area contributed by atoms with Crippen LogP contribution in [0, 0.1) is 0 Å². The molecule has 0 saturated carbocycles. The number of hydrogen-bond donors (Lipinski definition) is 2. The van der Waals surface area contributed by atoms with Crippen LogP contribution in [-0.4, -0.2) is 48.6 Å². The zero-order valence-corrected chi connectivity index (χ0v) is 18.2. The van der Waals surface area contributed by atoms with Crippen molar-refractivity contribution in [2.75, 3.05) is 42.9 Å². The molecule has 0 radical (unpaired) electrons. The van der Waals surface area contributed by atoms with Crippen LogP contribution in [0.25, 0.3) is 0 Å². The topological polar surface area (TPSA) is 55.8 Å². The Balaban J connectivity index is 1.28. The third kappa shape index (κ3) is 6.03. The number of piperazine rings is 1. The summed E-state index contributed by atoms with van der Waals surface area (Å²) in [5.74, 6) is 1.17. The van der Waals surface area contributed by atoms with E-state index >= 15 is 0 Å². The highest BCUT2D eigenvalue weighted by Crippen LogP contribution is 2.29. The number of carbonyl (C=O) groups is 1. The van der Waals surface area contributed by atoms with E-state index in [2.05, 4.69) is 33.3 Å². The molecule has 1 saturated heterocycles. The summed E-state index contributed by atoms with van der Waals surface area (Å²) in [6, 6.07) is 25.6. The van der Waals surface area contributed by atoms with Crippen LogP contribution in [0.4, 0.5) is 11.4 Å². The summed E-state index contributed by atoms with van der Waals surface area (Å²) in [4.78, 5) is 18.2. The lowest BCUT2D eigenvalue weighted by Crippen LogP contribution is -2.48. The molecule has 0 aliphatic carbocycles. The molecule has 0 bridgehead atoms. The Morgan fingerprint density at radius 2 is 1.55 bits per heavy atom. The standard InChI is InChI=1S/C25H27N3O2S/c29-22-12-10-21(11-13-22)28-16-14-27(15-17-28)18-25(30)26-23-8-4-5-9-24(23)31-19-20-6-2-1-3-7-20/h1-13,29H,14-19H2,(H,26,30). The quantitative estimate of drug-likeness (QED) is 0.540. The number of phenolic OH excluding ortho intramolecular Hbond substituents is 1. The number of nitrogens with one attached hydrogen (secondary N) is 1. The summed E-state index contributed by atoms with van der Waals surface area (Å²) >= 11 is 1.73. The molecule has 0 unspecified atom stereocenters. The lowest BCUT2D eigenvalue weighted by atomic mass is 10.2. The number of thioether (sulfide) groups is 1. The van der Waals surface area contributed by atoms with E-state index in [9.17, 15) is 9.90 Å². The summed E-state index contributed by atoms with van der Waals surface area (Å²) in [6.45, 7) is 3.78. The van der Waals surface area contributed by atoms with Crippen molar-refractivity contribution in [3.63, 3.8) is 0 Å². The van der Waals surface area contributed by atoms with E-state index < -0.39 is 0 Å². The molecular formula is C25H27N3O2S. The fraction of sp³-hybridized carbons (Fsp3) is 0.240. The Kier molecular flexibility index (Phi) is 7.12. The van der Waals surface area contributed by atoms with Crippen LogP contribution in [-0.2, 0) is 10.5 Å². The van der Waals surface area contributed by atoms with Gasteiger partial charge in [0.1, 0.15) is 5.75 Å². The van der Waals surface area contributed by atoms with Gasteiger partial charge in [0.05, 0.1) is 12.2 Å². The van der Waals surface area contributed by atoms with Crippen molar-refractivity contribution in [1.29, 1.82) is 0 Å². The number of nitrogens with zero attached hydrogens (tertiary/aromatic N) is 2. The predicted molar refractivity (Wildman–Crippen MR) is 128 cm³/mol. The maximum absolute atomic E-state index is 12.7. The van der Waals surface area contributed by atoms with Crippen molar-refractivity contribution in [2.45, 2.75) is 10.6 Å². The average Bonchev–Trinajstić information content (AvgIpc) is 2.80. The summed E-state index contributed by atoms with van der Waals surface area (Å²) < 4.78 is 0. The Hall–Kier alpha value is -2.96. The number of hydrogen-bond acceptors (Lipinski definition) is 5. The molecule has 4 rings (SSSR count). The minimum absolute atomic E-state index is 0.0193. The molecule has 0 atom stereocenters. The summed E-state index contributed by atoms with van der Waals surface area (Å²) in [7, 11) is 0. The normalized spacial score (nSPS) is 14.4. The van der Waals surface area contributed by atoms with Gasteiger partial charge in [-0.05, 0) is 42.0 Å². The van der Waals surface area contributed by atoms with Crippen LogP contribution in [0.3, 0.4) is 0 Å². The second-order valence-corrected chi connectivity index (χ2v) is 8.62. The molecule has 1 fully saturated rings. The van der Waals surface area contributed by atoms with Gasteiger partial charge in [-0.15, -0.1) is 11.8 Å². The number of rotatable bonds is 7. The number of anilines is 2. The lowest BCUT2D eigenvalue weighted by Gasteiger charge is -2.35. The van der Waals surface area contributed by atoms with Gasteiger partial charge < -0.3 is 15.3 Å². The van der Waals surface area contributed by atoms with E-state index in [4.69, 9.17) is 0 Å². The predicted octanol–water partition coefficient (Wildman–Crippen LogP) is 4.45. The van der Waals surface area contributed by atoms with E-state index in [1.54, 1.807) is 23.9 Å². The first-order chi connectivity index (χ1) is 15.2. The van der Waals surface area contributed by atoms with Crippen molar-refractivity contribution in [3.8, 4) is 5.75 Å². The average molecular weight is 434 g/mol. The van der Waals surface area contributed by atoms with Gasteiger partial charge in [-0.3, -0.25) is 9.69 Å². The third-order valence-corrected chi connectivity index (χ3v) is 6.50. The van der Waals surface area contributed by atoms with E-state index in [0.29, 0.717) is 6.54 Å².